The minimum Gasteiger partial charge on any atom is -0.469 e. The molecule has 0 aliphatic carbocycles. The van der Waals surface area contributed by atoms with Crippen LogP contribution in [0.25, 0.3) is 0 Å². The van der Waals surface area contributed by atoms with E-state index in [9.17, 15) is 9.90 Å². The normalized spacial score (nSPS) is 12.4. The van der Waals surface area contributed by atoms with Gasteiger partial charge in [-0.25, -0.2) is 4.79 Å². The molecule has 96 valence electrons. The molecular weight excluding hydrogens is 236 g/mol. The molecule has 0 bridgehead atoms. The van der Waals surface area contributed by atoms with Crippen LogP contribution >= 0.6 is 0 Å². The minimum absolute atomic E-state index is 0.0630. The number of carbonyl (C=O) groups excluding carboxylic acids is 1. The SMILES string of the molecule is CCc1occc1C(O)c1ccc(C(=O)OC)o1. The molecule has 2 aromatic heterocycles. The van der Waals surface area contributed by atoms with Gasteiger partial charge in [0, 0.05) is 12.0 Å². The van der Waals surface area contributed by atoms with Gasteiger partial charge in [-0.15, -0.1) is 0 Å². The summed E-state index contributed by atoms with van der Waals surface area (Å²) in [6.07, 6.45) is 1.24. The lowest BCUT2D eigenvalue weighted by Gasteiger charge is -2.07. The van der Waals surface area contributed by atoms with Gasteiger partial charge in [-0.1, -0.05) is 6.92 Å². The van der Waals surface area contributed by atoms with E-state index in [0.717, 1.165) is 0 Å². The second-order valence-corrected chi connectivity index (χ2v) is 3.75. The van der Waals surface area contributed by atoms with Gasteiger partial charge in [0.15, 0.2) is 0 Å². The molecule has 0 saturated carbocycles. The van der Waals surface area contributed by atoms with Gasteiger partial charge in [0.1, 0.15) is 17.6 Å². The highest BCUT2D eigenvalue weighted by atomic mass is 16.5. The van der Waals surface area contributed by atoms with Crippen molar-refractivity contribution in [2.45, 2.75) is 19.4 Å². The minimum atomic E-state index is -0.947. The lowest BCUT2D eigenvalue weighted by atomic mass is 10.1. The van der Waals surface area contributed by atoms with Crippen molar-refractivity contribution in [1.82, 2.24) is 0 Å². The van der Waals surface area contributed by atoms with E-state index in [1.165, 1.54) is 19.4 Å². The van der Waals surface area contributed by atoms with E-state index in [2.05, 4.69) is 4.74 Å². The topological polar surface area (TPSA) is 72.8 Å². The number of ether oxygens (including phenoxy) is 1. The Kier molecular flexibility index (Phi) is 3.53. The summed E-state index contributed by atoms with van der Waals surface area (Å²) >= 11 is 0. The van der Waals surface area contributed by atoms with Gasteiger partial charge < -0.3 is 18.7 Å². The molecule has 2 heterocycles. The summed E-state index contributed by atoms with van der Waals surface area (Å²) in [5, 5.41) is 10.2. The number of rotatable bonds is 4. The molecule has 0 fully saturated rings. The highest BCUT2D eigenvalue weighted by molar-refractivity contribution is 5.86. The number of methoxy groups -OCH3 is 1. The van der Waals surface area contributed by atoms with Crippen LogP contribution in [0.4, 0.5) is 0 Å². The van der Waals surface area contributed by atoms with Crippen molar-refractivity contribution in [2.24, 2.45) is 0 Å². The van der Waals surface area contributed by atoms with Crippen LogP contribution in [0.5, 0.6) is 0 Å². The van der Waals surface area contributed by atoms with Crippen molar-refractivity contribution in [2.75, 3.05) is 7.11 Å². The van der Waals surface area contributed by atoms with Gasteiger partial charge in [-0.3, -0.25) is 0 Å². The Morgan fingerprint density at radius 2 is 2.22 bits per heavy atom. The third-order valence-corrected chi connectivity index (χ3v) is 2.68. The largest absolute Gasteiger partial charge is 0.469 e. The molecule has 5 nitrogen and oxygen atoms in total. The fraction of sp³-hybridized carbons (Fsp3) is 0.308. The third-order valence-electron chi connectivity index (χ3n) is 2.68. The van der Waals surface area contributed by atoms with Gasteiger partial charge in [0.05, 0.1) is 13.4 Å². The maximum absolute atomic E-state index is 11.2. The molecule has 2 rings (SSSR count). The molecule has 0 aliphatic rings. The van der Waals surface area contributed by atoms with E-state index in [4.69, 9.17) is 8.83 Å². The molecule has 0 aliphatic heterocycles. The standard InChI is InChI=1S/C13H14O5/c1-3-9-8(6-7-17-9)12(14)10-4-5-11(18-10)13(15)16-2/h4-7,12,14H,3H2,1-2H3. The summed E-state index contributed by atoms with van der Waals surface area (Å²) < 4.78 is 15.0. The van der Waals surface area contributed by atoms with Crippen LogP contribution in [-0.2, 0) is 11.2 Å². The van der Waals surface area contributed by atoms with Crippen molar-refractivity contribution in [3.05, 3.63) is 47.3 Å². The van der Waals surface area contributed by atoms with E-state index in [1.807, 2.05) is 6.92 Å². The van der Waals surface area contributed by atoms with Crippen LogP contribution in [-0.4, -0.2) is 18.2 Å². The van der Waals surface area contributed by atoms with Crippen molar-refractivity contribution < 1.29 is 23.5 Å². The van der Waals surface area contributed by atoms with Gasteiger partial charge in [0.2, 0.25) is 5.76 Å². The summed E-state index contributed by atoms with van der Waals surface area (Å²) in [7, 11) is 1.27. The highest BCUT2D eigenvalue weighted by Crippen LogP contribution is 2.27. The summed E-state index contributed by atoms with van der Waals surface area (Å²) in [5.41, 5.74) is 0.642. The third kappa shape index (κ3) is 2.17. The number of aliphatic hydroxyl groups excluding tert-OH is 1. The number of furan rings is 2. The molecule has 5 heteroatoms. The zero-order valence-corrected chi connectivity index (χ0v) is 10.2. The lowest BCUT2D eigenvalue weighted by molar-refractivity contribution is 0.0558. The molecule has 0 aromatic carbocycles. The molecule has 1 unspecified atom stereocenters. The average Bonchev–Trinajstić information content (AvgIpc) is 3.05. The van der Waals surface area contributed by atoms with Crippen LogP contribution in [0.1, 0.15) is 40.7 Å². The Morgan fingerprint density at radius 3 is 2.89 bits per heavy atom. The van der Waals surface area contributed by atoms with E-state index in [0.29, 0.717) is 17.7 Å². The van der Waals surface area contributed by atoms with E-state index >= 15 is 0 Å². The smallest absolute Gasteiger partial charge is 0.373 e. The molecule has 0 amide bonds. The van der Waals surface area contributed by atoms with Gasteiger partial charge in [-0.2, -0.15) is 0 Å². The second kappa shape index (κ2) is 5.10. The summed E-state index contributed by atoms with van der Waals surface area (Å²) in [6, 6.07) is 4.70. The predicted molar refractivity (Wildman–Crippen MR) is 62.2 cm³/mol. The first-order chi connectivity index (χ1) is 8.67. The zero-order chi connectivity index (χ0) is 13.1. The molecule has 1 atom stereocenters. The monoisotopic (exact) mass is 250 g/mol. The Balaban J connectivity index is 2.26. The summed E-state index contributed by atoms with van der Waals surface area (Å²) in [4.78, 5) is 11.2. The Labute approximate surface area is 104 Å². The second-order valence-electron chi connectivity index (χ2n) is 3.75. The average molecular weight is 250 g/mol. The van der Waals surface area contributed by atoms with Gasteiger partial charge in [0.25, 0.3) is 0 Å². The van der Waals surface area contributed by atoms with Gasteiger partial charge in [-0.05, 0) is 18.2 Å². The number of carbonyl (C=O) groups is 1. The molecule has 18 heavy (non-hydrogen) atoms. The van der Waals surface area contributed by atoms with Gasteiger partial charge >= 0.3 is 5.97 Å². The molecule has 1 N–H and O–H groups in total. The van der Waals surface area contributed by atoms with Crippen molar-refractivity contribution in [3.63, 3.8) is 0 Å². The van der Waals surface area contributed by atoms with Crippen molar-refractivity contribution >= 4 is 5.97 Å². The van der Waals surface area contributed by atoms with Crippen molar-refractivity contribution in [3.8, 4) is 0 Å². The predicted octanol–water partition coefficient (Wildman–Crippen LogP) is 2.30. The fourth-order valence-corrected chi connectivity index (χ4v) is 1.74. The van der Waals surface area contributed by atoms with Crippen LogP contribution < -0.4 is 0 Å². The van der Waals surface area contributed by atoms with Crippen LogP contribution in [0.2, 0.25) is 0 Å². The maximum Gasteiger partial charge on any atom is 0.373 e. The number of aliphatic hydroxyl groups is 1. The number of aryl methyl sites for hydroxylation is 1. The maximum atomic E-state index is 11.2. The Bertz CT molecular complexity index is 537. The molecule has 0 radical (unpaired) electrons. The zero-order valence-electron chi connectivity index (χ0n) is 10.2. The number of hydrogen-bond acceptors (Lipinski definition) is 5. The molecule has 2 aromatic rings. The first kappa shape index (κ1) is 12.4. The summed E-state index contributed by atoms with van der Waals surface area (Å²) in [6.45, 7) is 1.93. The van der Waals surface area contributed by atoms with Crippen LogP contribution in [0.15, 0.2) is 33.3 Å². The van der Waals surface area contributed by atoms with E-state index in [-0.39, 0.29) is 11.5 Å². The van der Waals surface area contributed by atoms with E-state index in [1.54, 1.807) is 12.1 Å². The van der Waals surface area contributed by atoms with Crippen LogP contribution in [0.3, 0.4) is 0 Å². The summed E-state index contributed by atoms with van der Waals surface area (Å²) in [5.74, 6) is 0.467. The quantitative estimate of drug-likeness (QED) is 0.843. The molecule has 0 saturated heterocycles. The molecular formula is C13H14O5. The first-order valence-corrected chi connectivity index (χ1v) is 5.59. The van der Waals surface area contributed by atoms with E-state index < -0.39 is 12.1 Å². The number of hydrogen-bond donors (Lipinski definition) is 1. The number of esters is 1. The molecule has 0 spiro atoms. The fourth-order valence-electron chi connectivity index (χ4n) is 1.74. The lowest BCUT2D eigenvalue weighted by Crippen LogP contribution is -2.01. The van der Waals surface area contributed by atoms with Crippen LogP contribution in [0, 0.1) is 0 Å². The Hall–Kier alpha value is -2.01. The van der Waals surface area contributed by atoms with Crippen molar-refractivity contribution in [1.29, 1.82) is 0 Å². The highest BCUT2D eigenvalue weighted by Gasteiger charge is 2.21. The Morgan fingerprint density at radius 1 is 1.44 bits per heavy atom. The first-order valence-electron chi connectivity index (χ1n) is 5.59.